The number of carbonyl (C=O) groups excluding carboxylic acids is 1. The molecule has 1 saturated carbocycles. The quantitative estimate of drug-likeness (QED) is 0.857. The van der Waals surface area contributed by atoms with Crippen LogP contribution in [0.2, 0.25) is 0 Å². The van der Waals surface area contributed by atoms with Crippen molar-refractivity contribution in [2.24, 2.45) is 5.92 Å². The molecule has 3 rings (SSSR count). The van der Waals surface area contributed by atoms with Crippen molar-refractivity contribution in [2.75, 3.05) is 0 Å². The molecule has 1 aliphatic carbocycles. The van der Waals surface area contributed by atoms with Gasteiger partial charge in [0.1, 0.15) is 6.04 Å². The zero-order valence-corrected chi connectivity index (χ0v) is 11.1. The molecule has 3 atom stereocenters. The van der Waals surface area contributed by atoms with Crippen LogP contribution in [-0.2, 0) is 9.59 Å². The molecule has 0 aromatic heterocycles. The highest BCUT2D eigenvalue weighted by molar-refractivity contribution is 5.95. The van der Waals surface area contributed by atoms with Crippen molar-refractivity contribution in [1.29, 1.82) is 0 Å². The van der Waals surface area contributed by atoms with E-state index in [2.05, 4.69) is 0 Å². The van der Waals surface area contributed by atoms with Crippen LogP contribution in [0.25, 0.3) is 6.08 Å². The van der Waals surface area contributed by atoms with Crippen molar-refractivity contribution in [3.63, 3.8) is 0 Å². The molecule has 1 heterocycles. The predicted octanol–water partition coefficient (Wildman–Crippen LogP) is 2.16. The topological polar surface area (TPSA) is 57.6 Å². The molecule has 1 aromatic carbocycles. The summed E-state index contributed by atoms with van der Waals surface area (Å²) >= 11 is 0. The number of aliphatic carboxylic acids is 1. The predicted molar refractivity (Wildman–Crippen MR) is 74.9 cm³/mol. The fourth-order valence-corrected chi connectivity index (χ4v) is 3.44. The summed E-state index contributed by atoms with van der Waals surface area (Å²) in [4.78, 5) is 25.2. The molecule has 4 nitrogen and oxygen atoms in total. The van der Waals surface area contributed by atoms with Gasteiger partial charge in [0, 0.05) is 12.1 Å². The highest BCUT2D eigenvalue weighted by Crippen LogP contribution is 2.42. The average molecular weight is 271 g/mol. The van der Waals surface area contributed by atoms with E-state index in [1.165, 1.54) is 6.08 Å². The number of nitrogens with zero attached hydrogens (tertiary/aromatic N) is 1. The number of amides is 1. The number of piperidine rings is 1. The van der Waals surface area contributed by atoms with Gasteiger partial charge in [-0.2, -0.15) is 0 Å². The number of carbonyl (C=O) groups is 2. The summed E-state index contributed by atoms with van der Waals surface area (Å²) in [6, 6.07) is 9.02. The second kappa shape index (κ2) is 5.12. The molecule has 104 valence electrons. The van der Waals surface area contributed by atoms with E-state index in [1.807, 2.05) is 30.3 Å². The van der Waals surface area contributed by atoms with Crippen molar-refractivity contribution >= 4 is 18.0 Å². The molecule has 1 amide bonds. The smallest absolute Gasteiger partial charge is 0.326 e. The lowest BCUT2D eigenvalue weighted by Gasteiger charge is -2.31. The lowest BCUT2D eigenvalue weighted by molar-refractivity contribution is -0.150. The van der Waals surface area contributed by atoms with Crippen LogP contribution in [0.3, 0.4) is 0 Å². The molecule has 20 heavy (non-hydrogen) atoms. The number of benzene rings is 1. The average Bonchev–Trinajstić information content (AvgIpc) is 3.06. The Labute approximate surface area is 117 Å². The van der Waals surface area contributed by atoms with Gasteiger partial charge in [-0.15, -0.1) is 0 Å². The Morgan fingerprint density at radius 1 is 1.20 bits per heavy atom. The molecule has 2 fully saturated rings. The van der Waals surface area contributed by atoms with E-state index in [-0.39, 0.29) is 17.9 Å². The van der Waals surface area contributed by atoms with Crippen LogP contribution >= 0.6 is 0 Å². The number of hydrogen-bond acceptors (Lipinski definition) is 2. The van der Waals surface area contributed by atoms with Gasteiger partial charge in [-0.25, -0.2) is 4.79 Å². The highest BCUT2D eigenvalue weighted by atomic mass is 16.4. The van der Waals surface area contributed by atoms with E-state index in [1.54, 1.807) is 11.0 Å². The summed E-state index contributed by atoms with van der Waals surface area (Å²) in [6.07, 6.45) is 5.92. The third kappa shape index (κ3) is 2.22. The Morgan fingerprint density at radius 3 is 2.65 bits per heavy atom. The van der Waals surface area contributed by atoms with Crippen molar-refractivity contribution in [1.82, 2.24) is 4.90 Å². The van der Waals surface area contributed by atoms with E-state index in [9.17, 15) is 14.7 Å². The fourth-order valence-electron chi connectivity index (χ4n) is 3.44. The molecular weight excluding hydrogens is 254 g/mol. The summed E-state index contributed by atoms with van der Waals surface area (Å²) in [5.74, 6) is -0.932. The van der Waals surface area contributed by atoms with Crippen LogP contribution in [-0.4, -0.2) is 34.0 Å². The van der Waals surface area contributed by atoms with Crippen LogP contribution in [0.4, 0.5) is 0 Å². The van der Waals surface area contributed by atoms with Crippen LogP contribution < -0.4 is 0 Å². The Morgan fingerprint density at radius 2 is 1.95 bits per heavy atom. The molecule has 4 heteroatoms. The maximum absolute atomic E-state index is 12.3. The molecule has 1 N–H and O–H groups in total. The van der Waals surface area contributed by atoms with Gasteiger partial charge in [0.2, 0.25) is 5.91 Å². The summed E-state index contributed by atoms with van der Waals surface area (Å²) < 4.78 is 0. The van der Waals surface area contributed by atoms with Gasteiger partial charge in [0.05, 0.1) is 0 Å². The van der Waals surface area contributed by atoms with Crippen LogP contribution in [0.1, 0.15) is 24.8 Å². The first kappa shape index (κ1) is 12.9. The lowest BCUT2D eigenvalue weighted by atomic mass is 9.99. The van der Waals surface area contributed by atoms with Gasteiger partial charge in [-0.3, -0.25) is 4.79 Å². The van der Waals surface area contributed by atoms with Crippen LogP contribution in [0, 0.1) is 5.92 Å². The van der Waals surface area contributed by atoms with Gasteiger partial charge in [0.15, 0.2) is 0 Å². The molecule has 1 aromatic rings. The first-order valence-electron chi connectivity index (χ1n) is 6.95. The number of hydrogen-bond donors (Lipinski definition) is 1. The van der Waals surface area contributed by atoms with E-state index in [4.69, 9.17) is 0 Å². The molecule has 2 bridgehead atoms. The zero-order chi connectivity index (χ0) is 14.1. The van der Waals surface area contributed by atoms with Crippen molar-refractivity contribution < 1.29 is 14.7 Å². The van der Waals surface area contributed by atoms with E-state index in [0.29, 0.717) is 0 Å². The normalized spacial score (nSPS) is 28.2. The number of likely N-dealkylation sites (tertiary alicyclic amines) is 1. The van der Waals surface area contributed by atoms with Crippen molar-refractivity contribution in [2.45, 2.75) is 31.3 Å². The minimum absolute atomic E-state index is 0.106. The van der Waals surface area contributed by atoms with E-state index < -0.39 is 12.0 Å². The number of carboxylic acids is 1. The number of fused-ring (bicyclic) bond motifs is 2. The maximum Gasteiger partial charge on any atom is 0.326 e. The third-order valence-corrected chi connectivity index (χ3v) is 4.31. The van der Waals surface area contributed by atoms with Gasteiger partial charge in [-0.1, -0.05) is 30.3 Å². The summed E-state index contributed by atoms with van der Waals surface area (Å²) in [5.41, 5.74) is 0.942. The molecular formula is C16H17NO3. The van der Waals surface area contributed by atoms with Gasteiger partial charge in [0.25, 0.3) is 0 Å². The summed E-state index contributed by atoms with van der Waals surface area (Å²) in [5, 5.41) is 9.32. The molecule has 1 saturated heterocycles. The van der Waals surface area contributed by atoms with E-state index in [0.717, 1.165) is 24.8 Å². The number of carboxylic acid groups (broad SMARTS) is 1. The van der Waals surface area contributed by atoms with Gasteiger partial charge >= 0.3 is 5.97 Å². The Hall–Kier alpha value is -2.10. The minimum Gasteiger partial charge on any atom is -0.480 e. The van der Waals surface area contributed by atoms with Crippen molar-refractivity contribution in [3.05, 3.63) is 42.0 Å². The zero-order valence-electron chi connectivity index (χ0n) is 11.1. The molecule has 3 unspecified atom stereocenters. The maximum atomic E-state index is 12.3. The standard InChI is InChI=1S/C16H17NO3/c18-14(9-6-11-4-2-1-3-5-11)17-13-8-7-12(10-13)15(17)16(19)20/h1-6,9,12-13,15H,7-8,10H2,(H,19,20)/b9-6+. The van der Waals surface area contributed by atoms with Crippen LogP contribution in [0.5, 0.6) is 0 Å². The van der Waals surface area contributed by atoms with Crippen molar-refractivity contribution in [3.8, 4) is 0 Å². The first-order chi connectivity index (χ1) is 9.66. The van der Waals surface area contributed by atoms with Gasteiger partial charge < -0.3 is 10.0 Å². The Kier molecular flexibility index (Phi) is 3.30. The minimum atomic E-state index is -0.876. The molecule has 1 aliphatic heterocycles. The molecule has 0 spiro atoms. The number of rotatable bonds is 3. The fraction of sp³-hybridized carbons (Fsp3) is 0.375. The highest BCUT2D eigenvalue weighted by Gasteiger charge is 2.50. The second-order valence-corrected chi connectivity index (χ2v) is 5.50. The van der Waals surface area contributed by atoms with Crippen LogP contribution in [0.15, 0.2) is 36.4 Å². The SMILES string of the molecule is O=C(O)C1C2CCC(C2)N1C(=O)/C=C/c1ccccc1. The van der Waals surface area contributed by atoms with E-state index >= 15 is 0 Å². The summed E-state index contributed by atoms with van der Waals surface area (Å²) in [6.45, 7) is 0. The second-order valence-electron chi connectivity index (χ2n) is 5.50. The molecule has 0 radical (unpaired) electrons. The first-order valence-corrected chi connectivity index (χ1v) is 6.95. The van der Waals surface area contributed by atoms with Gasteiger partial charge in [-0.05, 0) is 36.8 Å². The summed E-state index contributed by atoms with van der Waals surface area (Å²) in [7, 11) is 0. The Balaban J connectivity index is 1.76. The molecule has 2 aliphatic rings. The third-order valence-electron chi connectivity index (χ3n) is 4.31. The monoisotopic (exact) mass is 271 g/mol. The largest absolute Gasteiger partial charge is 0.480 e. The lowest BCUT2D eigenvalue weighted by Crippen LogP contribution is -2.48. The Bertz CT molecular complexity index is 552.